The zero-order valence-corrected chi connectivity index (χ0v) is 21.7. The smallest absolute Gasteiger partial charge is 0.0540 e. The molecular formula is C29H60O2. The van der Waals surface area contributed by atoms with Gasteiger partial charge in [-0.1, -0.05) is 149 Å². The molecule has 0 saturated heterocycles. The van der Waals surface area contributed by atoms with Crippen LogP contribution in [0.2, 0.25) is 0 Å². The molecule has 0 bridgehead atoms. The van der Waals surface area contributed by atoms with Crippen molar-refractivity contribution in [1.29, 1.82) is 0 Å². The predicted molar refractivity (Wildman–Crippen MR) is 139 cm³/mol. The molecule has 0 saturated carbocycles. The molecule has 2 N–H and O–H groups in total. The summed E-state index contributed by atoms with van der Waals surface area (Å²) in [6.45, 7) is 4.46. The summed E-state index contributed by atoms with van der Waals surface area (Å²) in [4.78, 5) is 0. The van der Waals surface area contributed by atoms with Crippen LogP contribution in [-0.2, 0) is 0 Å². The minimum atomic E-state index is -0.123. The van der Waals surface area contributed by atoms with Gasteiger partial charge in [-0.05, 0) is 25.7 Å². The van der Waals surface area contributed by atoms with Crippen LogP contribution in [0.4, 0.5) is 0 Å². The van der Waals surface area contributed by atoms with Gasteiger partial charge in [-0.3, -0.25) is 0 Å². The summed E-state index contributed by atoms with van der Waals surface area (Å²) in [5.41, 5.74) is 0. The van der Waals surface area contributed by atoms with Gasteiger partial charge in [0.2, 0.25) is 0 Å². The van der Waals surface area contributed by atoms with Gasteiger partial charge in [0.1, 0.15) is 0 Å². The Labute approximate surface area is 197 Å². The highest BCUT2D eigenvalue weighted by Gasteiger charge is 2.06. The highest BCUT2D eigenvalue weighted by atomic mass is 16.3. The van der Waals surface area contributed by atoms with E-state index in [1.54, 1.807) is 0 Å². The highest BCUT2D eigenvalue weighted by Crippen LogP contribution is 2.16. The molecule has 2 atom stereocenters. The molecule has 0 fully saturated rings. The van der Waals surface area contributed by atoms with Gasteiger partial charge in [0, 0.05) is 0 Å². The van der Waals surface area contributed by atoms with Gasteiger partial charge in [-0.2, -0.15) is 0 Å². The summed E-state index contributed by atoms with van der Waals surface area (Å²) in [6, 6.07) is 0. The average Bonchev–Trinajstić information content (AvgIpc) is 2.77. The van der Waals surface area contributed by atoms with Crippen molar-refractivity contribution in [3.05, 3.63) is 0 Å². The van der Waals surface area contributed by atoms with Gasteiger partial charge in [0.05, 0.1) is 12.2 Å². The molecule has 2 nitrogen and oxygen atoms in total. The van der Waals surface area contributed by atoms with Gasteiger partial charge < -0.3 is 10.2 Å². The summed E-state index contributed by atoms with van der Waals surface area (Å²) in [5, 5.41) is 20.0. The van der Waals surface area contributed by atoms with Gasteiger partial charge in [0.15, 0.2) is 0 Å². The van der Waals surface area contributed by atoms with Crippen LogP contribution >= 0.6 is 0 Å². The van der Waals surface area contributed by atoms with Crippen LogP contribution in [0, 0.1) is 0 Å². The molecule has 0 radical (unpaired) electrons. The van der Waals surface area contributed by atoms with Crippen molar-refractivity contribution >= 4 is 0 Å². The van der Waals surface area contributed by atoms with Crippen LogP contribution < -0.4 is 0 Å². The fourth-order valence-corrected chi connectivity index (χ4v) is 4.59. The molecule has 2 unspecified atom stereocenters. The lowest BCUT2D eigenvalue weighted by Gasteiger charge is -2.12. The zero-order valence-electron chi connectivity index (χ0n) is 21.7. The maximum Gasteiger partial charge on any atom is 0.0540 e. The van der Waals surface area contributed by atoms with Crippen LogP contribution in [0.5, 0.6) is 0 Å². The van der Waals surface area contributed by atoms with E-state index < -0.39 is 0 Å². The lowest BCUT2D eigenvalue weighted by molar-refractivity contribution is 0.132. The molecular weight excluding hydrogens is 380 g/mol. The molecule has 0 spiro atoms. The first-order valence-electron chi connectivity index (χ1n) is 14.6. The molecule has 0 aromatic carbocycles. The van der Waals surface area contributed by atoms with E-state index in [9.17, 15) is 10.2 Å². The average molecular weight is 441 g/mol. The van der Waals surface area contributed by atoms with Crippen molar-refractivity contribution in [3.63, 3.8) is 0 Å². The quantitative estimate of drug-likeness (QED) is 0.131. The molecule has 0 rings (SSSR count). The third-order valence-electron chi connectivity index (χ3n) is 6.86. The monoisotopic (exact) mass is 440 g/mol. The van der Waals surface area contributed by atoms with E-state index in [4.69, 9.17) is 0 Å². The predicted octanol–water partition coefficient (Wildman–Crippen LogP) is 9.50. The van der Waals surface area contributed by atoms with Crippen LogP contribution in [0.15, 0.2) is 0 Å². The van der Waals surface area contributed by atoms with Gasteiger partial charge in [0.25, 0.3) is 0 Å². The zero-order chi connectivity index (χ0) is 22.8. The molecule has 0 aliphatic heterocycles. The van der Waals surface area contributed by atoms with Crippen molar-refractivity contribution in [2.75, 3.05) is 0 Å². The SMILES string of the molecule is CCCCCCCCCCCCCCCCCCCC(O)CCCCC(O)CCCC. The molecule has 31 heavy (non-hydrogen) atoms. The lowest BCUT2D eigenvalue weighted by atomic mass is 10.0. The first kappa shape index (κ1) is 30.9. The fraction of sp³-hybridized carbons (Fsp3) is 1.00. The summed E-state index contributed by atoms with van der Waals surface area (Å²) < 4.78 is 0. The van der Waals surface area contributed by atoms with Crippen molar-refractivity contribution in [2.45, 2.75) is 187 Å². The molecule has 0 aromatic heterocycles. The molecule has 0 heterocycles. The Morgan fingerprint density at radius 1 is 0.323 bits per heavy atom. The first-order chi connectivity index (χ1) is 15.2. The minimum absolute atomic E-state index is 0.121. The molecule has 2 heteroatoms. The van der Waals surface area contributed by atoms with E-state index in [0.29, 0.717) is 0 Å². The molecule has 0 aliphatic rings. The molecule has 0 aromatic rings. The standard InChI is InChI=1S/C29H60O2/c1-3-5-7-8-9-10-11-12-13-14-15-16-17-18-19-20-21-25-29(31)27-23-22-26-28(30)24-6-4-2/h28-31H,3-27H2,1-2H3. The number of rotatable bonds is 26. The van der Waals surface area contributed by atoms with Crippen molar-refractivity contribution in [2.24, 2.45) is 0 Å². The van der Waals surface area contributed by atoms with E-state index in [-0.39, 0.29) is 12.2 Å². The Hall–Kier alpha value is -0.0800. The highest BCUT2D eigenvalue weighted by molar-refractivity contribution is 4.60. The molecule has 0 amide bonds. The largest absolute Gasteiger partial charge is 0.393 e. The second kappa shape index (κ2) is 26.2. The Morgan fingerprint density at radius 2 is 0.548 bits per heavy atom. The number of hydrogen-bond acceptors (Lipinski definition) is 2. The Kier molecular flexibility index (Phi) is 26.1. The topological polar surface area (TPSA) is 40.5 Å². The van der Waals surface area contributed by atoms with Gasteiger partial charge >= 0.3 is 0 Å². The summed E-state index contributed by atoms with van der Waals surface area (Å²) in [6.07, 6.45) is 31.7. The van der Waals surface area contributed by atoms with E-state index in [1.165, 1.54) is 109 Å². The van der Waals surface area contributed by atoms with Crippen molar-refractivity contribution in [1.82, 2.24) is 0 Å². The Morgan fingerprint density at radius 3 is 0.871 bits per heavy atom. The van der Waals surface area contributed by atoms with Crippen LogP contribution in [0.25, 0.3) is 0 Å². The second-order valence-electron chi connectivity index (χ2n) is 10.2. The lowest BCUT2D eigenvalue weighted by Crippen LogP contribution is -2.08. The Balaban J connectivity index is 3.17. The number of aliphatic hydroxyl groups is 2. The van der Waals surface area contributed by atoms with E-state index in [2.05, 4.69) is 13.8 Å². The van der Waals surface area contributed by atoms with Gasteiger partial charge in [-0.25, -0.2) is 0 Å². The summed E-state index contributed by atoms with van der Waals surface area (Å²) in [5.74, 6) is 0. The minimum Gasteiger partial charge on any atom is -0.393 e. The van der Waals surface area contributed by atoms with Crippen LogP contribution in [0.3, 0.4) is 0 Å². The van der Waals surface area contributed by atoms with E-state index in [0.717, 1.165) is 51.4 Å². The van der Waals surface area contributed by atoms with E-state index in [1.807, 2.05) is 0 Å². The van der Waals surface area contributed by atoms with Crippen molar-refractivity contribution < 1.29 is 10.2 Å². The van der Waals surface area contributed by atoms with E-state index >= 15 is 0 Å². The van der Waals surface area contributed by atoms with Crippen molar-refractivity contribution in [3.8, 4) is 0 Å². The third-order valence-corrected chi connectivity index (χ3v) is 6.86. The number of aliphatic hydroxyl groups excluding tert-OH is 2. The first-order valence-corrected chi connectivity index (χ1v) is 14.6. The van der Waals surface area contributed by atoms with Crippen LogP contribution in [0.1, 0.15) is 174 Å². The number of unbranched alkanes of at least 4 members (excludes halogenated alkanes) is 18. The fourth-order valence-electron chi connectivity index (χ4n) is 4.59. The molecule has 0 aliphatic carbocycles. The Bertz CT molecular complexity index is 318. The van der Waals surface area contributed by atoms with Crippen LogP contribution in [-0.4, -0.2) is 22.4 Å². The number of hydrogen-bond donors (Lipinski definition) is 2. The van der Waals surface area contributed by atoms with Gasteiger partial charge in [-0.15, -0.1) is 0 Å². The third kappa shape index (κ3) is 26.1. The summed E-state index contributed by atoms with van der Waals surface area (Å²) >= 11 is 0. The maximum atomic E-state index is 10.1. The second-order valence-corrected chi connectivity index (χ2v) is 10.2. The maximum absolute atomic E-state index is 10.1. The molecule has 188 valence electrons. The summed E-state index contributed by atoms with van der Waals surface area (Å²) in [7, 11) is 0. The normalized spacial score (nSPS) is 13.5.